The molecule has 0 spiro atoms. The van der Waals surface area contributed by atoms with Gasteiger partial charge in [-0.1, -0.05) is 51.1 Å². The summed E-state index contributed by atoms with van der Waals surface area (Å²) in [5.74, 6) is 0.544. The molecule has 1 N–H and O–H groups in total. The molecule has 0 saturated heterocycles. The van der Waals surface area contributed by atoms with Gasteiger partial charge in [0.25, 0.3) is 0 Å². The topological polar surface area (TPSA) is 86.5 Å². The Morgan fingerprint density at radius 1 is 0.894 bits per heavy atom. The van der Waals surface area contributed by atoms with Gasteiger partial charge in [-0.05, 0) is 74.7 Å². The minimum absolute atomic E-state index is 0. The molecule has 9 heteroatoms. The number of hydrogen-bond donors (Lipinski definition) is 1. The Morgan fingerprint density at radius 3 is 2.21 bits per heavy atom. The molecule has 0 fully saturated rings. The molecule has 0 radical (unpaired) electrons. The molecule has 242 valence electrons. The number of carbonyl (C=O) groups is 1. The van der Waals surface area contributed by atoms with Crippen molar-refractivity contribution in [3.8, 4) is 22.8 Å². The van der Waals surface area contributed by atoms with Gasteiger partial charge in [-0.2, -0.15) is 0 Å². The van der Waals surface area contributed by atoms with Gasteiger partial charge in [-0.15, -0.1) is 11.8 Å². The van der Waals surface area contributed by atoms with E-state index in [-0.39, 0.29) is 34.3 Å². The Labute approximate surface area is 304 Å². The van der Waals surface area contributed by atoms with E-state index in [2.05, 4.69) is 71.7 Å². The van der Waals surface area contributed by atoms with Crippen LogP contribution in [0.25, 0.3) is 22.0 Å². The molecule has 0 bridgehead atoms. The number of aliphatic carboxylic acids is 1. The van der Waals surface area contributed by atoms with Crippen molar-refractivity contribution in [1.82, 2.24) is 14.5 Å². The van der Waals surface area contributed by atoms with E-state index >= 15 is 0 Å². The third-order valence-corrected chi connectivity index (χ3v) is 8.98. The van der Waals surface area contributed by atoms with Crippen molar-refractivity contribution in [1.29, 1.82) is 0 Å². The number of carboxylic acid groups (broad SMARTS) is 1. The van der Waals surface area contributed by atoms with Crippen LogP contribution in [0.2, 0.25) is 0 Å². The number of aromatic nitrogens is 3. The third kappa shape index (κ3) is 9.20. The number of fused-ring (bicyclic) bond motifs is 1. The number of carboxylic acids is 1. The fourth-order valence-corrected chi connectivity index (χ4v) is 6.41. The van der Waals surface area contributed by atoms with E-state index in [9.17, 15) is 9.90 Å². The number of pyridine rings is 2. The van der Waals surface area contributed by atoms with Crippen molar-refractivity contribution in [2.24, 2.45) is 5.41 Å². The second-order valence-electron chi connectivity index (χ2n) is 13.3. The van der Waals surface area contributed by atoms with Crippen LogP contribution in [-0.4, -0.2) is 66.5 Å². The second kappa shape index (κ2) is 15.3. The number of nitrogens with zero attached hydrogens (tertiary/aromatic N) is 3. The van der Waals surface area contributed by atoms with Crippen molar-refractivity contribution in [3.05, 3.63) is 102 Å². The maximum atomic E-state index is 12.4. The summed E-state index contributed by atoms with van der Waals surface area (Å²) in [7, 11) is 0. The van der Waals surface area contributed by atoms with Crippen molar-refractivity contribution in [3.63, 3.8) is 0 Å². The van der Waals surface area contributed by atoms with Crippen LogP contribution in [-0.2, 0) is 24.4 Å². The summed E-state index contributed by atoms with van der Waals surface area (Å²) in [5, 5.41) is 11.2. The summed E-state index contributed by atoms with van der Waals surface area (Å²) in [4.78, 5) is 22.4. The maximum absolute atomic E-state index is 12.4. The summed E-state index contributed by atoms with van der Waals surface area (Å²) in [6.45, 7) is 15.7. The molecular formula is C38H44N3NaO4S. The van der Waals surface area contributed by atoms with Gasteiger partial charge < -0.3 is 19.1 Å². The Kier molecular flexibility index (Phi) is 11.9. The van der Waals surface area contributed by atoms with Crippen LogP contribution >= 0.6 is 11.8 Å². The Bertz CT molecular complexity index is 1810. The molecule has 3 heterocycles. The van der Waals surface area contributed by atoms with E-state index in [4.69, 9.17) is 9.47 Å². The van der Waals surface area contributed by atoms with Gasteiger partial charge in [-0.25, -0.2) is 4.98 Å². The minimum atomic E-state index is -0.958. The molecule has 0 aliphatic heterocycles. The Balaban J connectivity index is 0.00000500. The standard InChI is InChI=1S/C38H43N3O4S.Na.H/c1-8-44-34-18-14-28(22-40-34)27-12-10-26(11-13-27)23-41-32-17-16-30(45-24-29-15-9-25(2)21-39-29)19-31(32)35(46-37(3,4)5)33(41)20-38(6,7)36(42)43;;/h9-19,21-22H,8,20,23-24H2,1-7H3,(H,42,43);;. The van der Waals surface area contributed by atoms with Crippen LogP contribution in [0, 0.1) is 12.3 Å². The van der Waals surface area contributed by atoms with Crippen LogP contribution in [0.4, 0.5) is 0 Å². The normalized spacial score (nSPS) is 11.7. The number of rotatable bonds is 12. The monoisotopic (exact) mass is 661 g/mol. The van der Waals surface area contributed by atoms with Crippen LogP contribution in [0.15, 0.2) is 84.0 Å². The molecule has 0 saturated carbocycles. The van der Waals surface area contributed by atoms with Crippen LogP contribution < -0.4 is 9.47 Å². The predicted molar refractivity (Wildman–Crippen MR) is 193 cm³/mol. The SMILES string of the molecule is CCOc1ccc(-c2ccc(Cn3c(CC(C)(C)C(=O)O)c(SC(C)(C)C)c4cc(OCc5ccc(C)cn5)ccc43)cc2)cn1.[NaH]. The number of aryl methyl sites for hydroxylation is 1. The fraction of sp³-hybridized carbons (Fsp3) is 0.342. The predicted octanol–water partition coefficient (Wildman–Crippen LogP) is 8.33. The molecule has 5 rings (SSSR count). The fourth-order valence-electron chi connectivity index (χ4n) is 5.23. The van der Waals surface area contributed by atoms with E-state index in [0.29, 0.717) is 32.1 Å². The molecule has 0 aliphatic carbocycles. The molecule has 7 nitrogen and oxygen atoms in total. The zero-order chi connectivity index (χ0) is 33.1. The molecular weight excluding hydrogens is 617 g/mol. The summed E-state index contributed by atoms with van der Waals surface area (Å²) >= 11 is 1.77. The van der Waals surface area contributed by atoms with Crippen molar-refractivity contribution in [2.75, 3.05) is 6.61 Å². The first-order valence-electron chi connectivity index (χ1n) is 15.6. The van der Waals surface area contributed by atoms with Gasteiger partial charge >= 0.3 is 35.5 Å². The van der Waals surface area contributed by atoms with Gasteiger partial charge in [-0.3, -0.25) is 9.78 Å². The van der Waals surface area contributed by atoms with E-state index in [1.54, 1.807) is 25.6 Å². The second-order valence-corrected chi connectivity index (χ2v) is 15.1. The quantitative estimate of drug-likeness (QED) is 0.106. The van der Waals surface area contributed by atoms with Gasteiger partial charge in [0.15, 0.2) is 0 Å². The zero-order valence-corrected chi connectivity index (χ0v) is 28.6. The summed E-state index contributed by atoms with van der Waals surface area (Å²) in [6.07, 6.45) is 4.06. The van der Waals surface area contributed by atoms with Gasteiger partial charge in [0, 0.05) is 63.2 Å². The van der Waals surface area contributed by atoms with Gasteiger partial charge in [0.2, 0.25) is 5.88 Å². The molecule has 0 atom stereocenters. The first-order chi connectivity index (χ1) is 21.8. The van der Waals surface area contributed by atoms with Crippen LogP contribution in [0.1, 0.15) is 64.1 Å². The van der Waals surface area contributed by atoms with E-state index in [0.717, 1.165) is 55.2 Å². The molecule has 0 amide bonds. The number of hydrogen-bond acceptors (Lipinski definition) is 6. The summed E-state index contributed by atoms with van der Waals surface area (Å²) < 4.78 is 13.9. The van der Waals surface area contributed by atoms with E-state index < -0.39 is 11.4 Å². The van der Waals surface area contributed by atoms with Crippen molar-refractivity contribution < 1.29 is 19.4 Å². The molecule has 3 aromatic heterocycles. The first-order valence-corrected chi connectivity index (χ1v) is 16.4. The molecule has 47 heavy (non-hydrogen) atoms. The first kappa shape index (κ1) is 36.5. The molecule has 0 aliphatic rings. The molecule has 2 aromatic carbocycles. The average Bonchev–Trinajstić information content (AvgIpc) is 3.27. The molecule has 5 aromatic rings. The van der Waals surface area contributed by atoms with Gasteiger partial charge in [0.05, 0.1) is 17.7 Å². The van der Waals surface area contributed by atoms with Crippen molar-refractivity contribution in [2.45, 2.75) is 77.7 Å². The summed E-state index contributed by atoms with van der Waals surface area (Å²) in [5.41, 5.74) is 6.27. The third-order valence-electron chi connectivity index (χ3n) is 7.70. The zero-order valence-electron chi connectivity index (χ0n) is 27.8. The number of thioether (sulfide) groups is 1. The number of ether oxygens (including phenoxy) is 2. The number of benzene rings is 2. The van der Waals surface area contributed by atoms with Crippen LogP contribution in [0.3, 0.4) is 0 Å². The summed E-state index contributed by atoms with van der Waals surface area (Å²) in [6, 6.07) is 22.6. The Hall–Kier alpha value is -3.30. The van der Waals surface area contributed by atoms with Gasteiger partial charge in [0.1, 0.15) is 12.4 Å². The van der Waals surface area contributed by atoms with E-state index in [1.165, 1.54) is 0 Å². The van der Waals surface area contributed by atoms with Crippen molar-refractivity contribution >= 4 is 58.2 Å². The van der Waals surface area contributed by atoms with Crippen LogP contribution in [0.5, 0.6) is 11.6 Å². The molecule has 0 unspecified atom stereocenters. The van der Waals surface area contributed by atoms with E-state index in [1.807, 2.05) is 56.6 Å². The Morgan fingerprint density at radius 2 is 1.62 bits per heavy atom. The average molecular weight is 662 g/mol.